The molecule has 1 amide bonds. The van der Waals surface area contributed by atoms with Crippen molar-refractivity contribution in [1.29, 1.82) is 0 Å². The lowest BCUT2D eigenvalue weighted by Crippen LogP contribution is -2.27. The maximum atomic E-state index is 13.5. The molecule has 1 N–H and O–H groups in total. The third kappa shape index (κ3) is 2.73. The maximum absolute atomic E-state index is 13.5. The van der Waals surface area contributed by atoms with Crippen LogP contribution in [0.3, 0.4) is 0 Å². The molecule has 2 heterocycles. The van der Waals surface area contributed by atoms with Crippen molar-refractivity contribution < 1.29 is 13.6 Å². The van der Waals surface area contributed by atoms with Gasteiger partial charge in [0.15, 0.2) is 0 Å². The number of hydrogen-bond acceptors (Lipinski definition) is 4. The molecule has 0 atom stereocenters. The van der Waals surface area contributed by atoms with Crippen molar-refractivity contribution in [2.75, 3.05) is 5.32 Å². The van der Waals surface area contributed by atoms with Gasteiger partial charge in [0.05, 0.1) is 17.4 Å². The molecule has 0 radical (unpaired) electrons. The molecule has 1 aromatic carbocycles. The Morgan fingerprint density at radius 3 is 2.91 bits per heavy atom. The largest absolute Gasteiger partial charge is 0.322 e. The lowest BCUT2D eigenvalue weighted by atomic mass is 10.3. The van der Waals surface area contributed by atoms with Gasteiger partial charge in [-0.1, -0.05) is 0 Å². The molecule has 0 spiro atoms. The van der Waals surface area contributed by atoms with Crippen molar-refractivity contribution >= 4 is 33.1 Å². The van der Waals surface area contributed by atoms with E-state index < -0.39 is 17.5 Å². The molecule has 0 bridgehead atoms. The predicted molar refractivity (Wildman–Crippen MR) is 78.9 cm³/mol. The summed E-state index contributed by atoms with van der Waals surface area (Å²) in [6.07, 6.45) is 1.27. The van der Waals surface area contributed by atoms with Crippen molar-refractivity contribution in [2.45, 2.75) is 6.54 Å². The van der Waals surface area contributed by atoms with Crippen molar-refractivity contribution in [1.82, 2.24) is 9.55 Å². The molecule has 3 rings (SSSR count). The second kappa shape index (κ2) is 5.64. The number of hydrogen-bond donors (Lipinski definition) is 1. The molecular formula is C14H9F2N3O2S. The highest BCUT2D eigenvalue weighted by Gasteiger charge is 2.11. The highest BCUT2D eigenvalue weighted by atomic mass is 32.1. The highest BCUT2D eigenvalue weighted by Crippen LogP contribution is 2.15. The van der Waals surface area contributed by atoms with Crippen LogP contribution >= 0.6 is 11.3 Å². The number of rotatable bonds is 3. The quantitative estimate of drug-likeness (QED) is 0.805. The molecule has 22 heavy (non-hydrogen) atoms. The van der Waals surface area contributed by atoms with Gasteiger partial charge in [0.25, 0.3) is 5.56 Å². The van der Waals surface area contributed by atoms with Crippen LogP contribution in [-0.4, -0.2) is 15.5 Å². The summed E-state index contributed by atoms with van der Waals surface area (Å²) in [4.78, 5) is 28.7. The Kier molecular flexibility index (Phi) is 3.68. The van der Waals surface area contributed by atoms with E-state index in [0.717, 1.165) is 16.7 Å². The van der Waals surface area contributed by atoms with Gasteiger partial charge in [0, 0.05) is 6.07 Å². The SMILES string of the molecule is O=C(Cn1cnc2sccc2c1=O)Nc1ccc(F)cc1F. The molecule has 8 heteroatoms. The van der Waals surface area contributed by atoms with Gasteiger partial charge in [-0.15, -0.1) is 11.3 Å². The zero-order valence-electron chi connectivity index (χ0n) is 11.0. The predicted octanol–water partition coefficient (Wildman–Crippen LogP) is 2.37. The first-order valence-corrected chi connectivity index (χ1v) is 7.10. The molecule has 2 aromatic heterocycles. The molecule has 0 fully saturated rings. The average Bonchev–Trinajstić information content (AvgIpc) is 2.94. The molecule has 0 aliphatic heterocycles. The number of aromatic nitrogens is 2. The van der Waals surface area contributed by atoms with Gasteiger partial charge in [-0.3, -0.25) is 14.2 Å². The number of halogens is 2. The van der Waals surface area contributed by atoms with Crippen LogP contribution in [0.1, 0.15) is 0 Å². The molecule has 0 aliphatic rings. The van der Waals surface area contributed by atoms with Gasteiger partial charge in [0.2, 0.25) is 5.91 Å². The minimum Gasteiger partial charge on any atom is -0.322 e. The van der Waals surface area contributed by atoms with E-state index in [1.807, 2.05) is 0 Å². The minimum atomic E-state index is -0.882. The Hall–Kier alpha value is -2.61. The fraction of sp³-hybridized carbons (Fsp3) is 0.0714. The van der Waals surface area contributed by atoms with E-state index in [1.165, 1.54) is 17.7 Å². The number of carbonyl (C=O) groups is 1. The van der Waals surface area contributed by atoms with Crippen LogP contribution in [0.25, 0.3) is 10.2 Å². The van der Waals surface area contributed by atoms with Crippen LogP contribution in [-0.2, 0) is 11.3 Å². The van der Waals surface area contributed by atoms with E-state index >= 15 is 0 Å². The molecule has 5 nitrogen and oxygen atoms in total. The Labute approximate surface area is 126 Å². The first kappa shape index (κ1) is 14.3. The number of anilines is 1. The Balaban J connectivity index is 1.81. The van der Waals surface area contributed by atoms with Gasteiger partial charge in [0.1, 0.15) is 23.0 Å². The van der Waals surface area contributed by atoms with Crippen LogP contribution in [0.5, 0.6) is 0 Å². The van der Waals surface area contributed by atoms with Crippen molar-refractivity contribution in [3.8, 4) is 0 Å². The number of nitrogens with zero attached hydrogens (tertiary/aromatic N) is 2. The van der Waals surface area contributed by atoms with Crippen LogP contribution in [0, 0.1) is 11.6 Å². The number of benzene rings is 1. The van der Waals surface area contributed by atoms with E-state index in [0.29, 0.717) is 16.3 Å². The van der Waals surface area contributed by atoms with Crippen LogP contribution in [0.2, 0.25) is 0 Å². The summed E-state index contributed by atoms with van der Waals surface area (Å²) >= 11 is 1.32. The zero-order valence-corrected chi connectivity index (χ0v) is 11.9. The first-order valence-electron chi connectivity index (χ1n) is 6.22. The zero-order chi connectivity index (χ0) is 15.7. The summed E-state index contributed by atoms with van der Waals surface area (Å²) in [7, 11) is 0. The van der Waals surface area contributed by atoms with Gasteiger partial charge in [-0.2, -0.15) is 0 Å². The fourth-order valence-corrected chi connectivity index (χ4v) is 2.66. The molecule has 0 aliphatic carbocycles. The van der Waals surface area contributed by atoms with Crippen molar-refractivity contribution in [3.63, 3.8) is 0 Å². The Morgan fingerprint density at radius 2 is 2.14 bits per heavy atom. The molecule has 3 aromatic rings. The number of fused-ring (bicyclic) bond motifs is 1. The van der Waals surface area contributed by atoms with Crippen molar-refractivity contribution in [2.24, 2.45) is 0 Å². The van der Waals surface area contributed by atoms with Crippen LogP contribution < -0.4 is 10.9 Å². The summed E-state index contributed by atoms with van der Waals surface area (Å²) in [5.74, 6) is -2.23. The average molecular weight is 321 g/mol. The van der Waals surface area contributed by atoms with E-state index in [2.05, 4.69) is 10.3 Å². The van der Waals surface area contributed by atoms with E-state index in [-0.39, 0.29) is 17.8 Å². The lowest BCUT2D eigenvalue weighted by molar-refractivity contribution is -0.116. The minimum absolute atomic E-state index is 0.149. The number of amides is 1. The third-order valence-electron chi connectivity index (χ3n) is 2.97. The monoisotopic (exact) mass is 321 g/mol. The van der Waals surface area contributed by atoms with Gasteiger partial charge in [-0.25, -0.2) is 13.8 Å². The second-order valence-corrected chi connectivity index (χ2v) is 5.38. The third-order valence-corrected chi connectivity index (χ3v) is 3.79. The van der Waals surface area contributed by atoms with Crippen LogP contribution in [0.4, 0.5) is 14.5 Å². The molecule has 0 saturated heterocycles. The van der Waals surface area contributed by atoms with Gasteiger partial charge < -0.3 is 5.32 Å². The molecular weight excluding hydrogens is 312 g/mol. The van der Waals surface area contributed by atoms with Gasteiger partial charge in [-0.05, 0) is 23.6 Å². The molecule has 0 saturated carbocycles. The number of nitrogens with one attached hydrogen (secondary N) is 1. The summed E-state index contributed by atoms with van der Waals surface area (Å²) in [5.41, 5.74) is -0.495. The van der Waals surface area contributed by atoms with E-state index in [4.69, 9.17) is 0 Å². The smallest absolute Gasteiger partial charge is 0.262 e. The summed E-state index contributed by atoms with van der Waals surface area (Å²) in [6.45, 7) is -0.311. The highest BCUT2D eigenvalue weighted by molar-refractivity contribution is 7.16. The fourth-order valence-electron chi connectivity index (χ4n) is 1.94. The maximum Gasteiger partial charge on any atom is 0.262 e. The topological polar surface area (TPSA) is 64.0 Å². The van der Waals surface area contributed by atoms with E-state index in [1.54, 1.807) is 11.4 Å². The number of thiophene rings is 1. The Bertz CT molecular complexity index is 920. The standard InChI is InChI=1S/C14H9F2N3O2S/c15-8-1-2-11(10(16)5-8)18-12(20)6-19-7-17-13-9(14(19)21)3-4-22-13/h1-5,7H,6H2,(H,18,20). The normalized spacial score (nSPS) is 10.8. The lowest BCUT2D eigenvalue weighted by Gasteiger charge is -2.08. The summed E-state index contributed by atoms with van der Waals surface area (Å²) in [5, 5.41) is 4.45. The molecule has 112 valence electrons. The van der Waals surface area contributed by atoms with Crippen molar-refractivity contribution in [3.05, 3.63) is 58.0 Å². The summed E-state index contributed by atoms with van der Waals surface area (Å²) < 4.78 is 27.4. The second-order valence-electron chi connectivity index (χ2n) is 4.49. The van der Waals surface area contributed by atoms with Gasteiger partial charge >= 0.3 is 0 Å². The summed E-state index contributed by atoms with van der Waals surface area (Å²) in [6, 6.07) is 4.44. The molecule has 0 unspecified atom stereocenters. The van der Waals surface area contributed by atoms with Crippen LogP contribution in [0.15, 0.2) is 40.8 Å². The Morgan fingerprint density at radius 1 is 1.32 bits per heavy atom. The van der Waals surface area contributed by atoms with E-state index in [9.17, 15) is 18.4 Å². The first-order chi connectivity index (χ1) is 10.5. The number of carbonyl (C=O) groups excluding carboxylic acids is 1.